The lowest BCUT2D eigenvalue weighted by atomic mass is 9.94. The third kappa shape index (κ3) is 1.45. The molecule has 0 unspecified atom stereocenters. The van der Waals surface area contributed by atoms with E-state index in [-0.39, 0.29) is 11.3 Å². The molecule has 0 spiro atoms. The Morgan fingerprint density at radius 2 is 2.11 bits per heavy atom. The van der Waals surface area contributed by atoms with Crippen molar-refractivity contribution in [3.63, 3.8) is 0 Å². The highest BCUT2D eigenvalue weighted by molar-refractivity contribution is 5.98. The second-order valence-corrected chi connectivity index (χ2v) is 4.74. The molecule has 0 aliphatic heterocycles. The van der Waals surface area contributed by atoms with Gasteiger partial charge >= 0.3 is 5.97 Å². The minimum absolute atomic E-state index is 0.232. The Bertz CT molecular complexity index is 682. The zero-order chi connectivity index (χ0) is 12.9. The fourth-order valence-corrected chi connectivity index (χ4v) is 2.77. The number of hydrogen-bond acceptors (Lipinski definition) is 2. The van der Waals surface area contributed by atoms with Crippen LogP contribution in [-0.4, -0.2) is 21.4 Å². The van der Waals surface area contributed by atoms with Crippen molar-refractivity contribution in [1.29, 1.82) is 0 Å². The maximum atomic E-state index is 11.6. The first-order valence-corrected chi connectivity index (χ1v) is 5.93. The number of aryl methyl sites for hydroxylation is 1. The Morgan fingerprint density at radius 1 is 1.33 bits per heavy atom. The first-order valence-electron chi connectivity index (χ1n) is 5.93. The number of aromatic carboxylic acids is 1. The molecule has 92 valence electrons. The standard InChI is InChI=1S/C14H13NO3/c1-15-12-4-2-8(14(17)18)6-10(12)11-7-9(16)3-5-13(11)15/h2,4,6H,3,5,7H2,1H3,(H,17,18). The Morgan fingerprint density at radius 3 is 2.83 bits per heavy atom. The molecule has 1 aromatic carbocycles. The predicted octanol–water partition coefficient (Wildman–Crippen LogP) is 1.93. The SMILES string of the molecule is Cn1c2c(c3cc(C(=O)O)ccc31)CC(=O)CC2. The van der Waals surface area contributed by atoms with Crippen LogP contribution in [0.15, 0.2) is 18.2 Å². The number of benzene rings is 1. The number of rotatable bonds is 1. The average Bonchev–Trinajstić information content (AvgIpc) is 2.62. The van der Waals surface area contributed by atoms with Crippen LogP contribution in [0.2, 0.25) is 0 Å². The van der Waals surface area contributed by atoms with E-state index in [9.17, 15) is 9.59 Å². The number of nitrogens with zero attached hydrogens (tertiary/aromatic N) is 1. The molecule has 0 saturated carbocycles. The van der Waals surface area contributed by atoms with Gasteiger partial charge in [0.2, 0.25) is 0 Å². The number of carboxylic acid groups (broad SMARTS) is 1. The van der Waals surface area contributed by atoms with Crippen LogP contribution >= 0.6 is 0 Å². The summed E-state index contributed by atoms with van der Waals surface area (Å²) in [4.78, 5) is 22.6. The lowest BCUT2D eigenvalue weighted by Crippen LogP contribution is -2.14. The first-order chi connectivity index (χ1) is 8.58. The molecule has 4 heteroatoms. The third-order valence-electron chi connectivity index (χ3n) is 3.70. The minimum Gasteiger partial charge on any atom is -0.478 e. The number of Topliss-reactive ketones (excluding diaryl/α,β-unsaturated/α-hetero) is 1. The average molecular weight is 243 g/mol. The van der Waals surface area contributed by atoms with Crippen LogP contribution < -0.4 is 0 Å². The Balaban J connectivity index is 2.31. The zero-order valence-electron chi connectivity index (χ0n) is 10.1. The van der Waals surface area contributed by atoms with Crippen LogP contribution in [0, 0.1) is 0 Å². The second-order valence-electron chi connectivity index (χ2n) is 4.74. The van der Waals surface area contributed by atoms with Crippen molar-refractivity contribution in [1.82, 2.24) is 4.57 Å². The molecule has 0 atom stereocenters. The van der Waals surface area contributed by atoms with E-state index in [1.165, 1.54) is 0 Å². The Hall–Kier alpha value is -2.10. The van der Waals surface area contributed by atoms with Gasteiger partial charge in [0.1, 0.15) is 5.78 Å². The fourth-order valence-electron chi connectivity index (χ4n) is 2.77. The summed E-state index contributed by atoms with van der Waals surface area (Å²) in [7, 11) is 1.97. The van der Waals surface area contributed by atoms with Crippen LogP contribution in [-0.2, 0) is 24.7 Å². The summed E-state index contributed by atoms with van der Waals surface area (Å²) in [6.07, 6.45) is 1.76. The highest BCUT2D eigenvalue weighted by Gasteiger charge is 2.23. The lowest BCUT2D eigenvalue weighted by Gasteiger charge is -2.12. The summed E-state index contributed by atoms with van der Waals surface area (Å²) in [6.45, 7) is 0. The van der Waals surface area contributed by atoms with Crippen LogP contribution in [0.3, 0.4) is 0 Å². The molecular weight excluding hydrogens is 230 g/mol. The number of carbonyl (C=O) groups excluding carboxylic acids is 1. The topological polar surface area (TPSA) is 59.3 Å². The minimum atomic E-state index is -0.934. The molecule has 3 rings (SSSR count). The molecule has 0 amide bonds. The van der Waals surface area contributed by atoms with Crippen molar-refractivity contribution in [2.75, 3.05) is 0 Å². The zero-order valence-corrected chi connectivity index (χ0v) is 10.1. The number of aromatic nitrogens is 1. The summed E-state index contributed by atoms with van der Waals surface area (Å²) >= 11 is 0. The van der Waals surface area contributed by atoms with Crippen LogP contribution in [0.4, 0.5) is 0 Å². The predicted molar refractivity (Wildman–Crippen MR) is 66.9 cm³/mol. The molecule has 1 aliphatic carbocycles. The molecular formula is C14H13NO3. The third-order valence-corrected chi connectivity index (χ3v) is 3.70. The van der Waals surface area contributed by atoms with Gasteiger partial charge in [0, 0.05) is 36.5 Å². The molecule has 0 bridgehead atoms. The summed E-state index contributed by atoms with van der Waals surface area (Å²) in [6, 6.07) is 5.11. The molecule has 1 heterocycles. The van der Waals surface area contributed by atoms with E-state index in [4.69, 9.17) is 5.11 Å². The van der Waals surface area contributed by atoms with E-state index in [1.54, 1.807) is 12.1 Å². The van der Waals surface area contributed by atoms with E-state index in [0.717, 1.165) is 28.6 Å². The molecule has 0 saturated heterocycles. The van der Waals surface area contributed by atoms with Crippen molar-refractivity contribution in [3.05, 3.63) is 35.0 Å². The van der Waals surface area contributed by atoms with Crippen molar-refractivity contribution in [2.24, 2.45) is 7.05 Å². The van der Waals surface area contributed by atoms with Crippen LogP contribution in [0.25, 0.3) is 10.9 Å². The molecule has 1 N–H and O–H groups in total. The molecule has 0 fully saturated rings. The maximum absolute atomic E-state index is 11.6. The van der Waals surface area contributed by atoms with Gasteiger partial charge in [-0.3, -0.25) is 4.79 Å². The van der Waals surface area contributed by atoms with Gasteiger partial charge in [-0.15, -0.1) is 0 Å². The van der Waals surface area contributed by atoms with E-state index in [1.807, 2.05) is 13.1 Å². The normalized spacial score (nSPS) is 14.8. The van der Waals surface area contributed by atoms with Crippen molar-refractivity contribution >= 4 is 22.7 Å². The Kier molecular flexibility index (Phi) is 2.26. The number of hydrogen-bond donors (Lipinski definition) is 1. The molecule has 4 nitrogen and oxygen atoms in total. The lowest BCUT2D eigenvalue weighted by molar-refractivity contribution is -0.118. The van der Waals surface area contributed by atoms with Gasteiger partial charge in [0.15, 0.2) is 0 Å². The quantitative estimate of drug-likeness (QED) is 0.832. The summed E-state index contributed by atoms with van der Waals surface area (Å²) < 4.78 is 2.07. The molecule has 1 aromatic heterocycles. The van der Waals surface area contributed by atoms with Gasteiger partial charge in [0.25, 0.3) is 0 Å². The molecule has 1 aliphatic rings. The van der Waals surface area contributed by atoms with Crippen LogP contribution in [0.1, 0.15) is 28.0 Å². The molecule has 0 radical (unpaired) electrons. The van der Waals surface area contributed by atoms with Crippen molar-refractivity contribution < 1.29 is 14.7 Å². The number of carboxylic acids is 1. The second kappa shape index (κ2) is 3.70. The van der Waals surface area contributed by atoms with Gasteiger partial charge in [0.05, 0.1) is 5.56 Å². The van der Waals surface area contributed by atoms with E-state index < -0.39 is 5.97 Å². The van der Waals surface area contributed by atoms with Crippen molar-refractivity contribution in [2.45, 2.75) is 19.3 Å². The number of fused-ring (bicyclic) bond motifs is 3. The van der Waals surface area contributed by atoms with Gasteiger partial charge < -0.3 is 9.67 Å². The first kappa shape index (κ1) is 11.0. The summed E-state index contributed by atoms with van der Waals surface area (Å²) in [5.74, 6) is -0.702. The molecule has 18 heavy (non-hydrogen) atoms. The highest BCUT2D eigenvalue weighted by atomic mass is 16.4. The maximum Gasteiger partial charge on any atom is 0.335 e. The number of ketones is 1. The summed E-state index contributed by atoms with van der Waals surface area (Å²) in [5, 5.41) is 9.94. The smallest absolute Gasteiger partial charge is 0.335 e. The Labute approximate surface area is 104 Å². The highest BCUT2D eigenvalue weighted by Crippen LogP contribution is 2.30. The van der Waals surface area contributed by atoms with E-state index in [2.05, 4.69) is 4.57 Å². The van der Waals surface area contributed by atoms with E-state index >= 15 is 0 Å². The largest absolute Gasteiger partial charge is 0.478 e. The van der Waals surface area contributed by atoms with Gasteiger partial charge in [-0.05, 0) is 30.2 Å². The fraction of sp³-hybridized carbons (Fsp3) is 0.286. The number of carbonyl (C=O) groups is 2. The van der Waals surface area contributed by atoms with E-state index in [0.29, 0.717) is 12.8 Å². The van der Waals surface area contributed by atoms with Crippen molar-refractivity contribution in [3.8, 4) is 0 Å². The van der Waals surface area contributed by atoms with Crippen LogP contribution in [0.5, 0.6) is 0 Å². The molecule has 2 aromatic rings. The van der Waals surface area contributed by atoms with Gasteiger partial charge in [-0.1, -0.05) is 0 Å². The summed E-state index contributed by atoms with van der Waals surface area (Å²) in [5.41, 5.74) is 3.44. The van der Waals surface area contributed by atoms with Gasteiger partial charge in [-0.25, -0.2) is 4.79 Å². The monoisotopic (exact) mass is 243 g/mol. The van der Waals surface area contributed by atoms with Gasteiger partial charge in [-0.2, -0.15) is 0 Å².